The number of carbonyl (C=O) groups excluding carboxylic acids is 5. The second-order valence-corrected chi connectivity index (χ2v) is 11.6. The first kappa shape index (κ1) is 33.9. The number of alkyl carbamates (subject to hydrolysis) is 1. The monoisotopic (exact) mass is 616 g/mol. The van der Waals surface area contributed by atoms with Crippen molar-refractivity contribution in [3.8, 4) is 0 Å². The van der Waals surface area contributed by atoms with Crippen LogP contribution in [-0.4, -0.2) is 99.0 Å². The molecule has 3 aliphatic rings. The van der Waals surface area contributed by atoms with Crippen molar-refractivity contribution in [1.82, 2.24) is 10.2 Å². The predicted octanol–water partition coefficient (Wildman–Crippen LogP) is 3.38. The lowest BCUT2D eigenvalue weighted by molar-refractivity contribution is -0.159. The summed E-state index contributed by atoms with van der Waals surface area (Å²) < 4.78 is 30.7. The molecule has 1 amide bonds. The van der Waals surface area contributed by atoms with E-state index < -0.39 is 43.0 Å². The zero-order valence-electron chi connectivity index (χ0n) is 24.2. The van der Waals surface area contributed by atoms with Crippen LogP contribution in [0.15, 0.2) is 0 Å². The highest BCUT2D eigenvalue weighted by Crippen LogP contribution is 2.25. The van der Waals surface area contributed by atoms with Gasteiger partial charge < -0.3 is 33.7 Å². The third kappa shape index (κ3) is 13.2. The lowest BCUT2D eigenvalue weighted by Crippen LogP contribution is -2.44. The van der Waals surface area contributed by atoms with Crippen LogP contribution in [0.5, 0.6) is 0 Å². The van der Waals surface area contributed by atoms with Gasteiger partial charge in [0.2, 0.25) is 13.6 Å². The minimum atomic E-state index is -1.24. The average Bonchev–Trinajstić information content (AvgIpc) is 3.02. The van der Waals surface area contributed by atoms with Gasteiger partial charge in [0, 0.05) is 25.4 Å². The first-order valence-electron chi connectivity index (χ1n) is 14.9. The second kappa shape index (κ2) is 19.6. The summed E-state index contributed by atoms with van der Waals surface area (Å²) in [4.78, 5) is 63.8. The molecule has 0 radical (unpaired) electrons. The molecule has 3 fully saturated rings. The maximum atomic E-state index is 12.8. The Morgan fingerprint density at radius 2 is 1.33 bits per heavy atom. The lowest BCUT2D eigenvalue weighted by Gasteiger charge is -2.26. The molecule has 1 atom stereocenters. The smallest absolute Gasteiger partial charge is 0.410 e. The van der Waals surface area contributed by atoms with E-state index in [-0.39, 0.29) is 30.2 Å². The molecule has 0 aromatic heterocycles. The van der Waals surface area contributed by atoms with E-state index in [0.717, 1.165) is 83.8 Å². The molecule has 1 aliphatic heterocycles. The number of rotatable bonds is 14. The Labute approximate surface area is 250 Å². The highest BCUT2D eigenvalue weighted by molar-refractivity contribution is 8.13. The van der Waals surface area contributed by atoms with Crippen molar-refractivity contribution >= 4 is 41.1 Å². The zero-order chi connectivity index (χ0) is 30.0. The van der Waals surface area contributed by atoms with Gasteiger partial charge in [0.25, 0.3) is 0 Å². The van der Waals surface area contributed by atoms with Gasteiger partial charge in [-0.15, -0.1) is 0 Å². The molecule has 0 aromatic rings. The van der Waals surface area contributed by atoms with Crippen LogP contribution in [0.1, 0.15) is 70.6 Å². The van der Waals surface area contributed by atoms with Gasteiger partial charge in [-0.1, -0.05) is 38.5 Å². The molecule has 1 N–H and O–H groups in total. The molecule has 0 spiro atoms. The van der Waals surface area contributed by atoms with Crippen molar-refractivity contribution < 1.29 is 52.4 Å². The van der Waals surface area contributed by atoms with Gasteiger partial charge in [0.1, 0.15) is 6.04 Å². The molecule has 0 bridgehead atoms. The van der Waals surface area contributed by atoms with Crippen LogP contribution in [0.3, 0.4) is 0 Å². The second-order valence-electron chi connectivity index (χ2n) is 10.6. The minimum absolute atomic E-state index is 0.120. The van der Waals surface area contributed by atoms with Gasteiger partial charge in [-0.05, 0) is 43.9 Å². The van der Waals surface area contributed by atoms with Crippen LogP contribution < -0.4 is 5.32 Å². The highest BCUT2D eigenvalue weighted by atomic mass is 32.2. The first-order valence-corrected chi connectivity index (χ1v) is 15.9. The highest BCUT2D eigenvalue weighted by Gasteiger charge is 2.27. The van der Waals surface area contributed by atoms with E-state index in [1.165, 1.54) is 0 Å². The van der Waals surface area contributed by atoms with E-state index in [1.54, 1.807) is 0 Å². The number of hydrogen-bond acceptors (Lipinski definition) is 13. The topological polar surface area (TPSA) is 156 Å². The molecule has 2 aliphatic carbocycles. The predicted molar refractivity (Wildman–Crippen MR) is 150 cm³/mol. The fourth-order valence-electron chi connectivity index (χ4n) is 5.12. The van der Waals surface area contributed by atoms with E-state index in [9.17, 15) is 24.0 Å². The van der Waals surface area contributed by atoms with E-state index in [0.29, 0.717) is 31.4 Å². The number of nitrogens with one attached hydrogen (secondary N) is 1. The van der Waals surface area contributed by atoms with Crippen molar-refractivity contribution in [1.29, 1.82) is 0 Å². The first-order chi connectivity index (χ1) is 20.4. The number of esters is 3. The average molecular weight is 617 g/mol. The zero-order valence-corrected chi connectivity index (χ0v) is 25.0. The molecule has 0 unspecified atom stereocenters. The van der Waals surface area contributed by atoms with Crippen molar-refractivity contribution in [2.24, 2.45) is 11.8 Å². The van der Waals surface area contributed by atoms with Crippen LogP contribution in [0.4, 0.5) is 9.59 Å². The fourth-order valence-corrected chi connectivity index (χ4v) is 5.77. The maximum Gasteiger partial charge on any atom is 0.410 e. The van der Waals surface area contributed by atoms with Crippen molar-refractivity contribution in [2.45, 2.75) is 76.7 Å². The Bertz CT molecular complexity index is 872. The van der Waals surface area contributed by atoms with Crippen LogP contribution >= 0.6 is 11.8 Å². The number of nitrogens with zero attached hydrogens (tertiary/aromatic N) is 1. The summed E-state index contributed by atoms with van der Waals surface area (Å²) in [5.41, 5.74) is 0. The molecular formula is C28H44N2O11S. The van der Waals surface area contributed by atoms with Gasteiger partial charge in [0.15, 0.2) is 0 Å². The molecule has 42 heavy (non-hydrogen) atoms. The Kier molecular flexibility index (Phi) is 15.8. The summed E-state index contributed by atoms with van der Waals surface area (Å²) in [5.74, 6) is -2.15. The van der Waals surface area contributed by atoms with E-state index in [2.05, 4.69) is 10.2 Å². The quantitative estimate of drug-likeness (QED) is 0.131. The molecule has 1 heterocycles. The standard InChI is InChI=1S/C28H44N2O11S/c31-24(21-8-3-1-4-9-21)38-19-40-27(34)29-23(26(33)37-15-7-12-30-13-16-36-17-14-30)18-42-28(35)41-20-39-25(32)22-10-5-2-6-11-22/h21-23H,1-20H2,(H,29,34)/t23-/m0/s1. The maximum absolute atomic E-state index is 12.8. The Morgan fingerprint density at radius 3 is 1.93 bits per heavy atom. The molecule has 238 valence electrons. The molecule has 2 saturated carbocycles. The Balaban J connectivity index is 1.39. The minimum Gasteiger partial charge on any atom is -0.464 e. The summed E-state index contributed by atoms with van der Waals surface area (Å²) in [6, 6.07) is -1.24. The van der Waals surface area contributed by atoms with E-state index in [4.69, 9.17) is 28.4 Å². The van der Waals surface area contributed by atoms with E-state index in [1.807, 2.05) is 0 Å². The molecule has 0 aromatic carbocycles. The summed E-state index contributed by atoms with van der Waals surface area (Å²) in [5, 5.41) is 1.58. The lowest BCUT2D eigenvalue weighted by atomic mass is 9.89. The number of hydrogen-bond donors (Lipinski definition) is 1. The van der Waals surface area contributed by atoms with Gasteiger partial charge in [-0.3, -0.25) is 14.5 Å². The van der Waals surface area contributed by atoms with Crippen LogP contribution in [-0.2, 0) is 42.8 Å². The van der Waals surface area contributed by atoms with Gasteiger partial charge in [-0.25, -0.2) is 14.4 Å². The third-order valence-corrected chi connectivity index (χ3v) is 8.41. The SMILES string of the molecule is O=C(N[C@@H](CSC(=O)OCOC(=O)C1CCCCC1)C(=O)OCCCN1CCOCC1)OCOC(=O)C1CCCCC1. The Hall–Kier alpha value is -2.58. The number of morpholine rings is 1. The number of ether oxygens (including phenoxy) is 6. The van der Waals surface area contributed by atoms with E-state index >= 15 is 0 Å². The fraction of sp³-hybridized carbons (Fsp3) is 0.821. The van der Waals surface area contributed by atoms with Crippen molar-refractivity contribution in [2.75, 3.05) is 58.8 Å². The number of thioether (sulfide) groups is 1. The van der Waals surface area contributed by atoms with Crippen LogP contribution in [0.25, 0.3) is 0 Å². The summed E-state index contributed by atoms with van der Waals surface area (Å²) in [6.45, 7) is 2.67. The molecule has 14 heteroatoms. The van der Waals surface area contributed by atoms with Gasteiger partial charge in [-0.2, -0.15) is 0 Å². The Morgan fingerprint density at radius 1 is 0.762 bits per heavy atom. The number of carbonyl (C=O) groups is 5. The summed E-state index contributed by atoms with van der Waals surface area (Å²) in [6.07, 6.45) is 8.65. The van der Waals surface area contributed by atoms with Crippen molar-refractivity contribution in [3.63, 3.8) is 0 Å². The van der Waals surface area contributed by atoms with Crippen LogP contribution in [0, 0.1) is 11.8 Å². The van der Waals surface area contributed by atoms with Crippen molar-refractivity contribution in [3.05, 3.63) is 0 Å². The van der Waals surface area contributed by atoms with Gasteiger partial charge in [0.05, 0.1) is 31.7 Å². The summed E-state index contributed by atoms with van der Waals surface area (Å²) >= 11 is 0.621. The summed E-state index contributed by atoms with van der Waals surface area (Å²) in [7, 11) is 0. The largest absolute Gasteiger partial charge is 0.464 e. The molecular weight excluding hydrogens is 572 g/mol. The molecule has 1 saturated heterocycles. The normalized spacial score (nSPS) is 19.2. The number of amides is 1. The molecule has 13 nitrogen and oxygen atoms in total. The molecule has 3 rings (SSSR count). The van der Waals surface area contributed by atoms with Gasteiger partial charge >= 0.3 is 29.3 Å². The third-order valence-electron chi connectivity index (χ3n) is 7.56. The van der Waals surface area contributed by atoms with Crippen LogP contribution in [0.2, 0.25) is 0 Å².